The van der Waals surface area contributed by atoms with Crippen LogP contribution in [0, 0.1) is 12.3 Å². The molecule has 0 fully saturated rings. The summed E-state index contributed by atoms with van der Waals surface area (Å²) in [5, 5.41) is 10.3. The first kappa shape index (κ1) is 19.7. The van der Waals surface area contributed by atoms with Crippen molar-refractivity contribution in [2.75, 3.05) is 13.7 Å². The number of rotatable bonds is 7. The van der Waals surface area contributed by atoms with Gasteiger partial charge in [-0.25, -0.2) is 4.98 Å². The van der Waals surface area contributed by atoms with Crippen molar-refractivity contribution in [2.24, 2.45) is 0 Å². The van der Waals surface area contributed by atoms with Gasteiger partial charge in [0.15, 0.2) is 11.5 Å². The second-order valence-corrected chi connectivity index (χ2v) is 7.19. The van der Waals surface area contributed by atoms with Gasteiger partial charge in [-0.1, -0.05) is 29.7 Å². The summed E-state index contributed by atoms with van der Waals surface area (Å²) in [6.45, 7) is 0.0568. The molecule has 0 amide bonds. The summed E-state index contributed by atoms with van der Waals surface area (Å²) >= 11 is 7.76. The maximum Gasteiger partial charge on any atom is 0.307 e. The third-order valence-electron chi connectivity index (χ3n) is 3.80. The molecule has 0 spiro atoms. The second-order valence-electron chi connectivity index (χ2n) is 5.75. The van der Waals surface area contributed by atoms with Crippen LogP contribution in [0.25, 0.3) is 21.9 Å². The molecule has 1 aromatic heterocycles. The zero-order chi connectivity index (χ0) is 20.1. The van der Waals surface area contributed by atoms with Crippen LogP contribution >= 0.6 is 22.9 Å². The van der Waals surface area contributed by atoms with Crippen LogP contribution in [0.5, 0.6) is 11.5 Å². The number of thiazole rings is 1. The highest BCUT2D eigenvalue weighted by molar-refractivity contribution is 7.19. The van der Waals surface area contributed by atoms with E-state index in [0.717, 1.165) is 10.2 Å². The molecule has 0 aliphatic carbocycles. The van der Waals surface area contributed by atoms with Crippen LogP contribution in [0.4, 0.5) is 0 Å². The summed E-state index contributed by atoms with van der Waals surface area (Å²) in [6.07, 6.45) is 6.80. The largest absolute Gasteiger partial charge is 0.493 e. The van der Waals surface area contributed by atoms with Crippen LogP contribution in [0.15, 0.2) is 36.4 Å². The Morgan fingerprint density at radius 3 is 2.86 bits per heavy atom. The quantitative estimate of drug-likeness (QED) is 0.553. The highest BCUT2D eigenvalue weighted by Crippen LogP contribution is 2.38. The summed E-state index contributed by atoms with van der Waals surface area (Å²) in [5.74, 6) is 2.19. The molecular formula is C21H16ClNO4S. The number of fused-ring (bicyclic) bond motifs is 1. The topological polar surface area (TPSA) is 68.7 Å². The van der Waals surface area contributed by atoms with E-state index in [4.69, 9.17) is 27.5 Å². The molecule has 0 aliphatic rings. The summed E-state index contributed by atoms with van der Waals surface area (Å²) in [6, 6.07) is 11.0. The predicted molar refractivity (Wildman–Crippen MR) is 112 cm³/mol. The Hall–Kier alpha value is -3.01. The first-order valence-corrected chi connectivity index (χ1v) is 9.43. The lowest BCUT2D eigenvalue weighted by Gasteiger charge is -2.12. The van der Waals surface area contributed by atoms with Crippen LogP contribution in [0.2, 0.25) is 5.02 Å². The minimum atomic E-state index is -0.947. The Labute approximate surface area is 171 Å². The van der Waals surface area contributed by atoms with Gasteiger partial charge in [-0.3, -0.25) is 4.79 Å². The molecule has 0 saturated heterocycles. The summed E-state index contributed by atoms with van der Waals surface area (Å²) in [5.41, 5.74) is 2.07. The van der Waals surface area contributed by atoms with Gasteiger partial charge in [0.1, 0.15) is 11.6 Å². The number of aromatic nitrogens is 1. The first-order valence-electron chi connectivity index (χ1n) is 8.24. The van der Waals surface area contributed by atoms with Gasteiger partial charge < -0.3 is 14.6 Å². The molecule has 0 aliphatic heterocycles. The van der Waals surface area contributed by atoms with Crippen molar-refractivity contribution in [3.05, 3.63) is 52.0 Å². The fourth-order valence-corrected chi connectivity index (χ4v) is 3.89. The molecule has 1 heterocycles. The number of nitrogens with zero attached hydrogens (tertiary/aromatic N) is 1. The van der Waals surface area contributed by atoms with Crippen molar-refractivity contribution >= 4 is 50.8 Å². The van der Waals surface area contributed by atoms with E-state index < -0.39 is 5.97 Å². The zero-order valence-corrected chi connectivity index (χ0v) is 16.5. The number of carboxylic acid groups (broad SMARTS) is 1. The summed E-state index contributed by atoms with van der Waals surface area (Å²) < 4.78 is 11.8. The van der Waals surface area contributed by atoms with E-state index in [9.17, 15) is 9.90 Å². The van der Waals surface area contributed by atoms with Gasteiger partial charge in [0.05, 0.1) is 28.8 Å². The van der Waals surface area contributed by atoms with Crippen molar-refractivity contribution in [2.45, 2.75) is 6.42 Å². The number of carboxylic acids is 1. The molecule has 0 unspecified atom stereocenters. The minimum Gasteiger partial charge on any atom is -0.493 e. The third kappa shape index (κ3) is 4.45. The van der Waals surface area contributed by atoms with Crippen LogP contribution in [0.1, 0.15) is 17.0 Å². The second kappa shape index (κ2) is 8.79. The van der Waals surface area contributed by atoms with Crippen LogP contribution in [0.3, 0.4) is 0 Å². The first-order chi connectivity index (χ1) is 13.5. The molecule has 28 heavy (non-hydrogen) atoms. The number of aliphatic carboxylic acids is 1. The van der Waals surface area contributed by atoms with Crippen molar-refractivity contribution in [1.29, 1.82) is 0 Å². The number of ether oxygens (including phenoxy) is 2. The standard InChI is InChI=1S/C21H16ClNO4S/c1-3-8-27-20-15(22)10-13(11-17(20)26-2)9-14(12-19(24)25)21-23-16-6-4-5-7-18(16)28-21/h1,4-7,9-11H,8,12H2,2H3,(H,24,25)/b14-9+. The number of hydrogen-bond acceptors (Lipinski definition) is 5. The van der Waals surface area contributed by atoms with Gasteiger partial charge in [-0.05, 0) is 41.5 Å². The monoisotopic (exact) mass is 413 g/mol. The molecule has 3 aromatic rings. The van der Waals surface area contributed by atoms with E-state index in [1.54, 1.807) is 18.2 Å². The molecule has 1 N–H and O–H groups in total. The number of hydrogen-bond donors (Lipinski definition) is 1. The van der Waals surface area contributed by atoms with Gasteiger partial charge >= 0.3 is 5.97 Å². The van der Waals surface area contributed by atoms with Gasteiger partial charge in [0, 0.05) is 0 Å². The highest BCUT2D eigenvalue weighted by atomic mass is 35.5. The molecule has 5 nitrogen and oxygen atoms in total. The van der Waals surface area contributed by atoms with E-state index in [2.05, 4.69) is 10.9 Å². The molecule has 0 bridgehead atoms. The van der Waals surface area contributed by atoms with E-state index in [1.165, 1.54) is 18.4 Å². The van der Waals surface area contributed by atoms with Gasteiger partial charge in [-0.15, -0.1) is 17.8 Å². The number of carbonyl (C=O) groups is 1. The average molecular weight is 414 g/mol. The molecule has 0 saturated carbocycles. The van der Waals surface area contributed by atoms with Gasteiger partial charge in [0.2, 0.25) is 0 Å². The van der Waals surface area contributed by atoms with E-state index in [-0.39, 0.29) is 13.0 Å². The van der Waals surface area contributed by atoms with E-state index >= 15 is 0 Å². The Bertz CT molecular complexity index is 1060. The maximum atomic E-state index is 11.4. The number of para-hydroxylation sites is 1. The van der Waals surface area contributed by atoms with E-state index in [1.807, 2.05) is 24.3 Å². The molecular weight excluding hydrogens is 398 g/mol. The third-order valence-corrected chi connectivity index (χ3v) is 5.20. The van der Waals surface area contributed by atoms with Crippen LogP contribution < -0.4 is 9.47 Å². The normalized spacial score (nSPS) is 11.2. The average Bonchev–Trinajstić information content (AvgIpc) is 3.10. The SMILES string of the molecule is C#CCOc1c(Cl)cc(/C=C(\CC(=O)O)c2nc3ccccc3s2)cc1OC. The van der Waals surface area contributed by atoms with Gasteiger partial charge in [0.25, 0.3) is 0 Å². The van der Waals surface area contributed by atoms with Crippen molar-refractivity contribution < 1.29 is 19.4 Å². The van der Waals surface area contributed by atoms with Crippen LogP contribution in [-0.2, 0) is 4.79 Å². The fourth-order valence-electron chi connectivity index (χ4n) is 2.64. The lowest BCUT2D eigenvalue weighted by molar-refractivity contribution is -0.135. The Kier molecular flexibility index (Phi) is 6.19. The van der Waals surface area contributed by atoms with Gasteiger partial charge in [-0.2, -0.15) is 0 Å². The number of halogens is 1. The fraction of sp³-hybridized carbons (Fsp3) is 0.143. The Morgan fingerprint density at radius 1 is 1.39 bits per heavy atom. The van der Waals surface area contributed by atoms with Crippen molar-refractivity contribution in [3.8, 4) is 23.8 Å². The lowest BCUT2D eigenvalue weighted by Crippen LogP contribution is -1.99. The molecule has 142 valence electrons. The lowest BCUT2D eigenvalue weighted by atomic mass is 10.1. The maximum absolute atomic E-state index is 11.4. The Balaban J connectivity index is 2.06. The molecule has 7 heteroatoms. The van der Waals surface area contributed by atoms with Crippen molar-refractivity contribution in [1.82, 2.24) is 4.98 Å². The molecule has 0 radical (unpaired) electrons. The number of methoxy groups -OCH3 is 1. The van der Waals surface area contributed by atoms with Crippen molar-refractivity contribution in [3.63, 3.8) is 0 Å². The predicted octanol–water partition coefficient (Wildman–Crippen LogP) is 4.99. The number of benzene rings is 2. The highest BCUT2D eigenvalue weighted by Gasteiger charge is 2.15. The minimum absolute atomic E-state index is 0.0568. The molecule has 0 atom stereocenters. The summed E-state index contributed by atoms with van der Waals surface area (Å²) in [4.78, 5) is 16.0. The number of terminal acetylenes is 1. The smallest absolute Gasteiger partial charge is 0.307 e. The molecule has 3 rings (SSSR count). The van der Waals surface area contributed by atoms with E-state index in [0.29, 0.717) is 32.7 Å². The van der Waals surface area contributed by atoms with Crippen LogP contribution in [-0.4, -0.2) is 29.8 Å². The summed E-state index contributed by atoms with van der Waals surface area (Å²) in [7, 11) is 1.49. The Morgan fingerprint density at radius 2 is 2.18 bits per heavy atom. The molecule has 2 aromatic carbocycles. The zero-order valence-electron chi connectivity index (χ0n) is 14.9.